The van der Waals surface area contributed by atoms with Crippen LogP contribution in [0.5, 0.6) is 0 Å². The highest BCUT2D eigenvalue weighted by molar-refractivity contribution is 6.05. The number of aryl methyl sites for hydroxylation is 1. The molecule has 1 aliphatic carbocycles. The molecule has 6 heteroatoms. The highest BCUT2D eigenvalue weighted by Gasteiger charge is 2.34. The molecule has 4 rings (SSSR count). The molecule has 26 heavy (non-hydrogen) atoms. The van der Waals surface area contributed by atoms with E-state index in [1.807, 2.05) is 40.8 Å². The van der Waals surface area contributed by atoms with Gasteiger partial charge in [0.15, 0.2) is 5.65 Å². The third-order valence-electron chi connectivity index (χ3n) is 4.72. The van der Waals surface area contributed by atoms with E-state index in [1.54, 1.807) is 12.4 Å². The van der Waals surface area contributed by atoms with Gasteiger partial charge in [0.2, 0.25) is 0 Å². The van der Waals surface area contributed by atoms with E-state index in [1.165, 1.54) is 0 Å². The van der Waals surface area contributed by atoms with Crippen molar-refractivity contribution in [2.75, 3.05) is 0 Å². The molecule has 3 aromatic heterocycles. The van der Waals surface area contributed by atoms with Gasteiger partial charge in [-0.25, -0.2) is 9.67 Å². The average Bonchev–Trinajstić information content (AvgIpc) is 3.38. The maximum atomic E-state index is 13.4. The molecule has 3 heterocycles. The molecule has 1 amide bonds. The summed E-state index contributed by atoms with van der Waals surface area (Å²) in [4.78, 5) is 24.4. The van der Waals surface area contributed by atoms with Crippen LogP contribution >= 0.6 is 0 Å². The minimum Gasteiger partial charge on any atom is -0.330 e. The molecule has 6 nitrogen and oxygen atoms in total. The molecular formula is C20H23N5O. The van der Waals surface area contributed by atoms with E-state index < -0.39 is 0 Å². The zero-order chi connectivity index (χ0) is 18.3. The molecule has 0 N–H and O–H groups in total. The lowest BCUT2D eigenvalue weighted by Gasteiger charge is -2.22. The van der Waals surface area contributed by atoms with Crippen LogP contribution < -0.4 is 0 Å². The van der Waals surface area contributed by atoms with Crippen molar-refractivity contribution in [1.29, 1.82) is 0 Å². The van der Waals surface area contributed by atoms with E-state index >= 15 is 0 Å². The van der Waals surface area contributed by atoms with Crippen LogP contribution in [0.1, 0.15) is 54.5 Å². The van der Waals surface area contributed by atoms with Crippen LogP contribution in [0.3, 0.4) is 0 Å². The number of nitrogens with zero attached hydrogens (tertiary/aromatic N) is 5. The van der Waals surface area contributed by atoms with Crippen molar-refractivity contribution < 1.29 is 4.79 Å². The quantitative estimate of drug-likeness (QED) is 0.707. The Morgan fingerprint density at radius 3 is 2.81 bits per heavy atom. The Balaban J connectivity index is 1.74. The van der Waals surface area contributed by atoms with Gasteiger partial charge in [-0.2, -0.15) is 5.10 Å². The first kappa shape index (κ1) is 16.7. The summed E-state index contributed by atoms with van der Waals surface area (Å²) >= 11 is 0. The molecule has 0 aliphatic heterocycles. The molecule has 0 spiro atoms. The highest BCUT2D eigenvalue weighted by Crippen LogP contribution is 2.31. The Hall–Kier alpha value is -2.76. The zero-order valence-corrected chi connectivity index (χ0v) is 15.4. The SMILES string of the molecule is Cc1cc(C(=O)N(Cc2ccccn2)C2CC2)c2cnn(C(C)C)c2n1. The first-order valence-corrected chi connectivity index (χ1v) is 9.10. The molecule has 0 saturated heterocycles. The van der Waals surface area contributed by atoms with Crippen LogP contribution in [0.25, 0.3) is 11.0 Å². The largest absolute Gasteiger partial charge is 0.330 e. The molecule has 3 aromatic rings. The molecule has 1 aliphatic rings. The number of aromatic nitrogens is 4. The van der Waals surface area contributed by atoms with Crippen molar-refractivity contribution in [2.45, 2.75) is 52.2 Å². The van der Waals surface area contributed by atoms with E-state index in [-0.39, 0.29) is 11.9 Å². The number of hydrogen-bond donors (Lipinski definition) is 0. The molecule has 0 radical (unpaired) electrons. The van der Waals surface area contributed by atoms with Gasteiger partial charge >= 0.3 is 0 Å². The molecule has 1 saturated carbocycles. The number of rotatable bonds is 5. The lowest BCUT2D eigenvalue weighted by molar-refractivity contribution is 0.0729. The van der Waals surface area contributed by atoms with Gasteiger partial charge in [0, 0.05) is 24.0 Å². The third-order valence-corrected chi connectivity index (χ3v) is 4.72. The smallest absolute Gasteiger partial charge is 0.255 e. The van der Waals surface area contributed by atoms with Gasteiger partial charge in [-0.3, -0.25) is 9.78 Å². The number of pyridine rings is 2. The molecule has 134 valence electrons. The van der Waals surface area contributed by atoms with Crippen LogP contribution in [0.2, 0.25) is 0 Å². The predicted octanol–water partition coefficient (Wildman–Crippen LogP) is 3.52. The maximum Gasteiger partial charge on any atom is 0.255 e. The Labute approximate surface area is 152 Å². The van der Waals surface area contributed by atoms with Gasteiger partial charge in [-0.1, -0.05) is 6.07 Å². The summed E-state index contributed by atoms with van der Waals surface area (Å²) in [6, 6.07) is 8.19. The first-order chi connectivity index (χ1) is 12.5. The summed E-state index contributed by atoms with van der Waals surface area (Å²) in [6.07, 6.45) is 5.64. The van der Waals surface area contributed by atoms with E-state index in [0.717, 1.165) is 35.3 Å². The van der Waals surface area contributed by atoms with E-state index in [9.17, 15) is 4.79 Å². The number of amides is 1. The zero-order valence-electron chi connectivity index (χ0n) is 15.4. The van der Waals surface area contributed by atoms with Gasteiger partial charge in [0.05, 0.1) is 29.4 Å². The van der Waals surface area contributed by atoms with Gasteiger partial charge in [0.1, 0.15) is 0 Å². The number of hydrogen-bond acceptors (Lipinski definition) is 4. The number of fused-ring (bicyclic) bond motifs is 1. The van der Waals surface area contributed by atoms with Crippen LogP contribution in [0.4, 0.5) is 0 Å². The standard InChI is InChI=1S/C20H23N5O/c1-13(2)25-19-18(11-22-25)17(10-14(3)23-19)20(26)24(16-7-8-16)12-15-6-4-5-9-21-15/h4-6,9-11,13,16H,7-8,12H2,1-3H3. The Morgan fingerprint density at radius 2 is 2.15 bits per heavy atom. The van der Waals surface area contributed by atoms with Gasteiger partial charge in [0.25, 0.3) is 5.91 Å². The summed E-state index contributed by atoms with van der Waals surface area (Å²) in [5.74, 6) is 0.0389. The second kappa shape index (κ2) is 6.52. The van der Waals surface area contributed by atoms with Crippen molar-refractivity contribution in [3.05, 3.63) is 53.6 Å². The fourth-order valence-corrected chi connectivity index (χ4v) is 3.27. The van der Waals surface area contributed by atoms with Crippen LogP contribution in [-0.4, -0.2) is 36.6 Å². The van der Waals surface area contributed by atoms with Crippen molar-refractivity contribution in [2.24, 2.45) is 0 Å². The maximum absolute atomic E-state index is 13.4. The monoisotopic (exact) mass is 349 g/mol. The topological polar surface area (TPSA) is 63.9 Å². The van der Waals surface area contributed by atoms with Crippen LogP contribution in [0, 0.1) is 6.92 Å². The summed E-state index contributed by atoms with van der Waals surface area (Å²) in [7, 11) is 0. The van der Waals surface area contributed by atoms with Crippen LogP contribution in [-0.2, 0) is 6.54 Å². The van der Waals surface area contributed by atoms with Crippen molar-refractivity contribution in [3.8, 4) is 0 Å². The Morgan fingerprint density at radius 1 is 1.35 bits per heavy atom. The summed E-state index contributed by atoms with van der Waals surface area (Å²) < 4.78 is 1.87. The van der Waals surface area contributed by atoms with Crippen LogP contribution in [0.15, 0.2) is 36.7 Å². The fraction of sp³-hybridized carbons (Fsp3) is 0.400. The summed E-state index contributed by atoms with van der Waals surface area (Å²) in [6.45, 7) is 6.59. The van der Waals surface area contributed by atoms with E-state index in [4.69, 9.17) is 0 Å². The van der Waals surface area contributed by atoms with E-state index in [0.29, 0.717) is 18.2 Å². The van der Waals surface area contributed by atoms with Crippen molar-refractivity contribution >= 4 is 16.9 Å². The molecule has 0 bridgehead atoms. The Kier molecular flexibility index (Phi) is 4.18. The molecule has 1 fully saturated rings. The Bertz CT molecular complexity index is 943. The second-order valence-corrected chi connectivity index (χ2v) is 7.22. The molecular weight excluding hydrogens is 326 g/mol. The normalized spacial score (nSPS) is 14.2. The lowest BCUT2D eigenvalue weighted by Crippen LogP contribution is -2.33. The van der Waals surface area contributed by atoms with Gasteiger partial charge in [-0.05, 0) is 51.8 Å². The van der Waals surface area contributed by atoms with Gasteiger partial charge in [-0.15, -0.1) is 0 Å². The van der Waals surface area contributed by atoms with Crippen molar-refractivity contribution in [1.82, 2.24) is 24.6 Å². The first-order valence-electron chi connectivity index (χ1n) is 9.10. The van der Waals surface area contributed by atoms with Gasteiger partial charge < -0.3 is 4.90 Å². The molecule has 0 unspecified atom stereocenters. The summed E-state index contributed by atoms with van der Waals surface area (Å²) in [5.41, 5.74) is 3.20. The number of carbonyl (C=O) groups excluding carboxylic acids is 1. The lowest BCUT2D eigenvalue weighted by atomic mass is 10.1. The highest BCUT2D eigenvalue weighted by atomic mass is 16.2. The minimum absolute atomic E-state index is 0.0389. The fourth-order valence-electron chi connectivity index (χ4n) is 3.27. The second-order valence-electron chi connectivity index (χ2n) is 7.22. The molecule has 0 aromatic carbocycles. The van der Waals surface area contributed by atoms with Crippen molar-refractivity contribution in [3.63, 3.8) is 0 Å². The predicted molar refractivity (Wildman–Crippen MR) is 99.8 cm³/mol. The summed E-state index contributed by atoms with van der Waals surface area (Å²) in [5, 5.41) is 5.27. The average molecular weight is 349 g/mol. The number of carbonyl (C=O) groups is 1. The minimum atomic E-state index is 0.0389. The molecule has 0 atom stereocenters. The van der Waals surface area contributed by atoms with E-state index in [2.05, 4.69) is 28.9 Å². The third kappa shape index (κ3) is 3.07.